The Hall–Kier alpha value is -3.61. The smallest absolute Gasteiger partial charge is 0.407 e. The van der Waals surface area contributed by atoms with Crippen LogP contribution in [-0.4, -0.2) is 39.6 Å². The minimum Gasteiger partial charge on any atom is -0.481 e. The summed E-state index contributed by atoms with van der Waals surface area (Å²) in [6.45, 7) is 2.17. The number of carbonyl (C=O) groups excluding carboxylic acids is 1. The second kappa shape index (κ2) is 9.26. The predicted molar refractivity (Wildman–Crippen MR) is 121 cm³/mol. The Bertz CT molecular complexity index is 1090. The summed E-state index contributed by atoms with van der Waals surface area (Å²) in [5.41, 5.74) is 6.60. The Kier molecular flexibility index (Phi) is 6.25. The normalized spacial score (nSPS) is 13.3. The van der Waals surface area contributed by atoms with Crippen LogP contribution in [0.2, 0.25) is 0 Å². The Morgan fingerprint density at radius 3 is 2.31 bits per heavy atom. The van der Waals surface area contributed by atoms with E-state index in [2.05, 4.69) is 34.7 Å². The van der Waals surface area contributed by atoms with Gasteiger partial charge in [0, 0.05) is 31.1 Å². The molecule has 0 bridgehead atoms. The molecule has 2 N–H and O–H groups in total. The summed E-state index contributed by atoms with van der Waals surface area (Å²) in [5.74, 6) is -0.918. The highest BCUT2D eigenvalue weighted by molar-refractivity contribution is 5.79. The Morgan fingerprint density at radius 1 is 1.12 bits per heavy atom. The lowest BCUT2D eigenvalue weighted by Gasteiger charge is -2.19. The molecule has 0 saturated carbocycles. The van der Waals surface area contributed by atoms with Crippen molar-refractivity contribution in [2.75, 3.05) is 6.61 Å². The number of amides is 1. The number of nitrogens with zero attached hydrogens (tertiary/aromatic N) is 2. The molecule has 1 unspecified atom stereocenters. The zero-order chi connectivity index (χ0) is 22.7. The molecule has 4 rings (SSSR count). The number of aryl methyl sites for hydroxylation is 1. The Morgan fingerprint density at radius 2 is 1.75 bits per heavy atom. The quantitative estimate of drug-likeness (QED) is 0.559. The first kappa shape index (κ1) is 21.6. The van der Waals surface area contributed by atoms with Crippen LogP contribution >= 0.6 is 0 Å². The number of benzene rings is 2. The highest BCUT2D eigenvalue weighted by Gasteiger charge is 2.29. The van der Waals surface area contributed by atoms with Crippen LogP contribution in [0.15, 0.2) is 54.7 Å². The van der Waals surface area contributed by atoms with E-state index in [1.807, 2.05) is 38.2 Å². The second-order valence-corrected chi connectivity index (χ2v) is 8.18. The molecule has 166 valence electrons. The van der Waals surface area contributed by atoms with Crippen molar-refractivity contribution >= 4 is 12.1 Å². The molecule has 0 fully saturated rings. The minimum atomic E-state index is -0.896. The van der Waals surface area contributed by atoms with Crippen LogP contribution in [-0.2, 0) is 23.0 Å². The van der Waals surface area contributed by atoms with E-state index >= 15 is 0 Å². The van der Waals surface area contributed by atoms with Crippen molar-refractivity contribution in [3.05, 3.63) is 77.1 Å². The molecular formula is C25H27N3O4. The van der Waals surface area contributed by atoms with Crippen molar-refractivity contribution < 1.29 is 19.4 Å². The van der Waals surface area contributed by atoms with Crippen LogP contribution < -0.4 is 5.32 Å². The third-order valence-corrected chi connectivity index (χ3v) is 6.18. The van der Waals surface area contributed by atoms with Gasteiger partial charge in [-0.25, -0.2) is 4.79 Å². The molecule has 0 spiro atoms. The number of carbonyl (C=O) groups is 2. The van der Waals surface area contributed by atoms with Crippen molar-refractivity contribution in [3.8, 4) is 11.1 Å². The van der Waals surface area contributed by atoms with Crippen LogP contribution in [0.5, 0.6) is 0 Å². The van der Waals surface area contributed by atoms with E-state index in [0.29, 0.717) is 12.8 Å². The number of aliphatic carboxylic acids is 1. The number of rotatable bonds is 8. The maximum Gasteiger partial charge on any atom is 0.407 e. The number of hydrogen-bond donors (Lipinski definition) is 2. The maximum atomic E-state index is 12.7. The number of nitrogens with one attached hydrogen (secondary N) is 1. The molecule has 7 nitrogen and oxygen atoms in total. The number of fused-ring (bicyclic) bond motifs is 3. The lowest BCUT2D eigenvalue weighted by atomic mass is 9.98. The van der Waals surface area contributed by atoms with Gasteiger partial charge in [-0.05, 0) is 47.6 Å². The average Bonchev–Trinajstić information content (AvgIpc) is 3.28. The summed E-state index contributed by atoms with van der Waals surface area (Å²) in [7, 11) is 1.85. The molecule has 1 atom stereocenters. The van der Waals surface area contributed by atoms with Crippen molar-refractivity contribution in [2.45, 2.75) is 38.1 Å². The van der Waals surface area contributed by atoms with Crippen molar-refractivity contribution in [2.24, 2.45) is 7.05 Å². The number of carboxylic acid groups (broad SMARTS) is 1. The molecular weight excluding hydrogens is 406 g/mol. The van der Waals surface area contributed by atoms with Crippen LogP contribution in [0.3, 0.4) is 0 Å². The fourth-order valence-electron chi connectivity index (χ4n) is 4.34. The van der Waals surface area contributed by atoms with Gasteiger partial charge in [0.2, 0.25) is 0 Å². The summed E-state index contributed by atoms with van der Waals surface area (Å²) in [6, 6.07) is 16.0. The summed E-state index contributed by atoms with van der Waals surface area (Å²) in [6.07, 6.45) is 1.99. The van der Waals surface area contributed by atoms with Crippen molar-refractivity contribution in [3.63, 3.8) is 0 Å². The third kappa shape index (κ3) is 4.51. The topological polar surface area (TPSA) is 93.5 Å². The SMILES string of the molecule is Cc1c(CC(CCC(=O)O)NC(=O)OCC2c3ccccc3-c3ccccc32)cnn1C. The number of aromatic nitrogens is 2. The summed E-state index contributed by atoms with van der Waals surface area (Å²) < 4.78 is 7.39. The van der Waals surface area contributed by atoms with Crippen LogP contribution in [0.25, 0.3) is 11.1 Å². The van der Waals surface area contributed by atoms with Crippen molar-refractivity contribution in [1.29, 1.82) is 0 Å². The van der Waals surface area contributed by atoms with E-state index < -0.39 is 12.1 Å². The highest BCUT2D eigenvalue weighted by atomic mass is 16.5. The summed E-state index contributed by atoms with van der Waals surface area (Å²) >= 11 is 0. The molecule has 7 heteroatoms. The molecule has 2 aromatic carbocycles. The van der Waals surface area contributed by atoms with Crippen LogP contribution in [0.1, 0.15) is 41.1 Å². The monoisotopic (exact) mass is 433 g/mol. The van der Waals surface area contributed by atoms with E-state index in [1.54, 1.807) is 10.9 Å². The molecule has 0 saturated heterocycles. The van der Waals surface area contributed by atoms with E-state index in [9.17, 15) is 9.59 Å². The molecule has 0 aliphatic heterocycles. The van der Waals surface area contributed by atoms with Gasteiger partial charge in [-0.15, -0.1) is 0 Å². The second-order valence-electron chi connectivity index (χ2n) is 8.18. The average molecular weight is 434 g/mol. The fourth-order valence-corrected chi connectivity index (χ4v) is 4.34. The highest BCUT2D eigenvalue weighted by Crippen LogP contribution is 2.44. The molecule has 0 radical (unpaired) electrons. The number of carboxylic acids is 1. The Labute approximate surface area is 187 Å². The van der Waals surface area contributed by atoms with Gasteiger partial charge >= 0.3 is 12.1 Å². The number of hydrogen-bond acceptors (Lipinski definition) is 4. The molecule has 1 heterocycles. The molecule has 3 aromatic rings. The summed E-state index contributed by atoms with van der Waals surface area (Å²) in [4.78, 5) is 23.7. The molecule has 1 aliphatic carbocycles. The first-order chi connectivity index (χ1) is 15.4. The van der Waals surface area contributed by atoms with Gasteiger partial charge in [-0.3, -0.25) is 9.48 Å². The standard InChI is InChI=1S/C25H27N3O4/c1-16-17(14-26-28(16)2)13-18(11-12-24(29)30)27-25(31)32-15-23-21-9-5-3-7-19(21)20-8-4-6-10-22(20)23/h3-10,14,18,23H,11-13,15H2,1-2H3,(H,27,31)(H,29,30). The Balaban J connectivity index is 1.43. The largest absolute Gasteiger partial charge is 0.481 e. The zero-order valence-corrected chi connectivity index (χ0v) is 18.2. The number of ether oxygens (including phenoxy) is 1. The maximum absolute atomic E-state index is 12.7. The van der Waals surface area contributed by atoms with E-state index in [1.165, 1.54) is 11.1 Å². The van der Waals surface area contributed by atoms with Gasteiger partial charge in [-0.2, -0.15) is 5.10 Å². The lowest BCUT2D eigenvalue weighted by molar-refractivity contribution is -0.137. The van der Waals surface area contributed by atoms with Gasteiger partial charge in [0.1, 0.15) is 6.61 Å². The molecule has 1 amide bonds. The molecule has 32 heavy (non-hydrogen) atoms. The molecule has 1 aromatic heterocycles. The van der Waals surface area contributed by atoms with Gasteiger partial charge in [-0.1, -0.05) is 48.5 Å². The van der Waals surface area contributed by atoms with E-state index in [4.69, 9.17) is 9.84 Å². The van der Waals surface area contributed by atoms with E-state index in [0.717, 1.165) is 22.4 Å². The number of alkyl carbamates (subject to hydrolysis) is 1. The van der Waals surface area contributed by atoms with Gasteiger partial charge in [0.05, 0.1) is 6.20 Å². The lowest BCUT2D eigenvalue weighted by Crippen LogP contribution is -2.38. The summed E-state index contributed by atoms with van der Waals surface area (Å²) in [5, 5.41) is 16.2. The third-order valence-electron chi connectivity index (χ3n) is 6.18. The van der Waals surface area contributed by atoms with Crippen LogP contribution in [0, 0.1) is 6.92 Å². The predicted octanol–water partition coefficient (Wildman–Crippen LogP) is 4.04. The van der Waals surface area contributed by atoms with Crippen molar-refractivity contribution in [1.82, 2.24) is 15.1 Å². The van der Waals surface area contributed by atoms with E-state index in [-0.39, 0.29) is 25.0 Å². The minimum absolute atomic E-state index is 0.0220. The van der Waals surface area contributed by atoms with Crippen LogP contribution in [0.4, 0.5) is 4.79 Å². The van der Waals surface area contributed by atoms with Gasteiger partial charge in [0.25, 0.3) is 0 Å². The molecule has 1 aliphatic rings. The first-order valence-corrected chi connectivity index (χ1v) is 10.7. The fraction of sp³-hybridized carbons (Fsp3) is 0.320. The first-order valence-electron chi connectivity index (χ1n) is 10.7. The van der Waals surface area contributed by atoms with Gasteiger partial charge in [0.15, 0.2) is 0 Å². The zero-order valence-electron chi connectivity index (χ0n) is 18.2. The van der Waals surface area contributed by atoms with Gasteiger partial charge < -0.3 is 15.2 Å².